The number of hydrogen-bond acceptors (Lipinski definition) is 3. The van der Waals surface area contributed by atoms with Crippen LogP contribution < -0.4 is 4.74 Å². The number of nitrogens with zero attached hydrogens (tertiary/aromatic N) is 2. The number of carbonyl (C=O) groups is 1. The molecule has 0 aliphatic carbocycles. The molecule has 0 amide bonds. The Morgan fingerprint density at radius 1 is 1.44 bits per heavy atom. The molecule has 1 N–H and O–H groups in total. The fraction of sp³-hybridized carbons (Fsp3) is 0.167. The van der Waals surface area contributed by atoms with Crippen molar-refractivity contribution in [3.05, 3.63) is 46.7 Å². The molecule has 0 fully saturated rings. The number of aromatic nitrogens is 2. The van der Waals surface area contributed by atoms with Gasteiger partial charge in [-0.3, -0.25) is 0 Å². The van der Waals surface area contributed by atoms with E-state index in [1.165, 1.54) is 10.9 Å². The van der Waals surface area contributed by atoms with E-state index < -0.39 is 5.97 Å². The number of rotatable bonds is 4. The van der Waals surface area contributed by atoms with Crippen molar-refractivity contribution in [2.75, 3.05) is 7.11 Å². The maximum absolute atomic E-state index is 10.8. The number of carboxylic acids is 1. The average Bonchev–Trinajstić information content (AvgIpc) is 2.72. The predicted molar refractivity (Wildman–Crippen MR) is 66.3 cm³/mol. The lowest BCUT2D eigenvalue weighted by Crippen LogP contribution is -2.03. The van der Waals surface area contributed by atoms with Crippen molar-refractivity contribution in [2.24, 2.45) is 0 Å². The second-order valence-electron chi connectivity index (χ2n) is 3.66. The lowest BCUT2D eigenvalue weighted by Gasteiger charge is -2.05. The van der Waals surface area contributed by atoms with E-state index in [0.29, 0.717) is 6.54 Å². The van der Waals surface area contributed by atoms with Gasteiger partial charge in [0.2, 0.25) is 0 Å². The molecule has 0 saturated heterocycles. The molecule has 0 saturated carbocycles. The third-order valence-electron chi connectivity index (χ3n) is 2.50. The minimum atomic E-state index is -1.08. The zero-order valence-electron chi connectivity index (χ0n) is 9.63. The number of methoxy groups -OCH3 is 1. The van der Waals surface area contributed by atoms with Gasteiger partial charge in [-0.1, -0.05) is 23.7 Å². The van der Waals surface area contributed by atoms with Crippen LogP contribution in [0.25, 0.3) is 0 Å². The zero-order chi connectivity index (χ0) is 13.1. The molecular formula is C12H11ClN2O3. The van der Waals surface area contributed by atoms with Gasteiger partial charge in [-0.05, 0) is 17.7 Å². The van der Waals surface area contributed by atoms with Crippen molar-refractivity contribution in [3.8, 4) is 5.75 Å². The predicted octanol–water partition coefficient (Wildman–Crippen LogP) is 2.29. The summed E-state index contributed by atoms with van der Waals surface area (Å²) in [5, 5.41) is 12.9. The van der Waals surface area contributed by atoms with Crippen LogP contribution in [0.15, 0.2) is 30.5 Å². The van der Waals surface area contributed by atoms with Crippen molar-refractivity contribution in [3.63, 3.8) is 0 Å². The minimum absolute atomic E-state index is 0.00479. The lowest BCUT2D eigenvalue weighted by atomic mass is 10.2. The van der Waals surface area contributed by atoms with Crippen LogP contribution in [0.1, 0.15) is 15.9 Å². The van der Waals surface area contributed by atoms with Crippen LogP contribution in [0.4, 0.5) is 0 Å². The Bertz CT molecular complexity index is 563. The van der Waals surface area contributed by atoms with Gasteiger partial charge in [0.25, 0.3) is 0 Å². The van der Waals surface area contributed by atoms with E-state index in [2.05, 4.69) is 5.10 Å². The fourth-order valence-electron chi connectivity index (χ4n) is 1.53. The third-order valence-corrected chi connectivity index (χ3v) is 2.90. The second-order valence-corrected chi connectivity index (χ2v) is 4.02. The molecule has 2 aromatic rings. The molecule has 6 heteroatoms. The summed E-state index contributed by atoms with van der Waals surface area (Å²) in [6, 6.07) is 7.39. The van der Waals surface area contributed by atoms with E-state index in [-0.39, 0.29) is 10.7 Å². The van der Waals surface area contributed by atoms with Gasteiger partial charge < -0.3 is 9.84 Å². The molecule has 1 aromatic carbocycles. The smallest absolute Gasteiger partial charge is 0.340 e. The molecule has 0 aliphatic heterocycles. The maximum atomic E-state index is 10.8. The molecule has 0 radical (unpaired) electrons. The highest BCUT2D eigenvalue weighted by atomic mass is 35.5. The van der Waals surface area contributed by atoms with E-state index in [4.69, 9.17) is 21.4 Å². The van der Waals surface area contributed by atoms with Crippen molar-refractivity contribution in [2.45, 2.75) is 6.54 Å². The molecular weight excluding hydrogens is 256 g/mol. The topological polar surface area (TPSA) is 64.4 Å². The molecule has 0 atom stereocenters. The van der Waals surface area contributed by atoms with Gasteiger partial charge in [-0.2, -0.15) is 5.10 Å². The highest BCUT2D eigenvalue weighted by molar-refractivity contribution is 6.32. The molecule has 1 heterocycles. The number of halogens is 1. The van der Waals surface area contributed by atoms with Crippen LogP contribution in [-0.2, 0) is 6.54 Å². The fourth-order valence-corrected chi connectivity index (χ4v) is 1.76. The van der Waals surface area contributed by atoms with Crippen LogP contribution in [0, 0.1) is 0 Å². The van der Waals surface area contributed by atoms with Gasteiger partial charge in [0, 0.05) is 0 Å². The summed E-state index contributed by atoms with van der Waals surface area (Å²) in [5.41, 5.74) is 0.961. The first-order valence-electron chi connectivity index (χ1n) is 5.19. The second kappa shape index (κ2) is 5.10. The Morgan fingerprint density at radius 2 is 2.11 bits per heavy atom. The lowest BCUT2D eigenvalue weighted by molar-refractivity contribution is 0.0697. The van der Waals surface area contributed by atoms with Crippen molar-refractivity contribution in [1.82, 2.24) is 9.78 Å². The van der Waals surface area contributed by atoms with Gasteiger partial charge in [-0.15, -0.1) is 0 Å². The number of benzene rings is 1. The number of ether oxygens (including phenoxy) is 1. The highest BCUT2D eigenvalue weighted by Gasteiger charge is 2.14. The highest BCUT2D eigenvalue weighted by Crippen LogP contribution is 2.18. The van der Waals surface area contributed by atoms with Gasteiger partial charge in [-0.25, -0.2) is 9.48 Å². The van der Waals surface area contributed by atoms with Crippen molar-refractivity contribution < 1.29 is 14.6 Å². The first-order valence-corrected chi connectivity index (χ1v) is 5.57. The Morgan fingerprint density at radius 3 is 2.61 bits per heavy atom. The summed E-state index contributed by atoms with van der Waals surface area (Å²) in [4.78, 5) is 10.8. The summed E-state index contributed by atoms with van der Waals surface area (Å²) in [6.07, 6.45) is 1.24. The normalized spacial score (nSPS) is 10.3. The summed E-state index contributed by atoms with van der Waals surface area (Å²) in [5.74, 6) is -0.322. The third kappa shape index (κ3) is 2.46. The standard InChI is InChI=1S/C12H11ClN2O3/c1-18-9-4-2-8(3-5-9)7-15-11(13)10(6-14-15)12(16)17/h2-6H,7H2,1H3,(H,16,17). The van der Waals surface area contributed by atoms with Crippen LogP contribution in [0.5, 0.6) is 5.75 Å². The Balaban J connectivity index is 2.20. The van der Waals surface area contributed by atoms with Crippen molar-refractivity contribution in [1.29, 1.82) is 0 Å². The Labute approximate surface area is 109 Å². The van der Waals surface area contributed by atoms with Gasteiger partial charge >= 0.3 is 5.97 Å². The maximum Gasteiger partial charge on any atom is 0.340 e. The van der Waals surface area contributed by atoms with E-state index in [1.54, 1.807) is 7.11 Å². The summed E-state index contributed by atoms with van der Waals surface area (Å²) >= 11 is 5.92. The van der Waals surface area contributed by atoms with E-state index in [9.17, 15) is 4.79 Å². The Hall–Kier alpha value is -2.01. The zero-order valence-corrected chi connectivity index (χ0v) is 10.4. The number of carboxylic acid groups (broad SMARTS) is 1. The number of hydrogen-bond donors (Lipinski definition) is 1. The SMILES string of the molecule is COc1ccc(Cn2ncc(C(=O)O)c2Cl)cc1. The molecule has 94 valence electrons. The first kappa shape index (κ1) is 12.4. The van der Waals surface area contributed by atoms with Crippen molar-refractivity contribution >= 4 is 17.6 Å². The minimum Gasteiger partial charge on any atom is -0.497 e. The van der Waals surface area contributed by atoms with Gasteiger partial charge in [0.05, 0.1) is 19.9 Å². The molecule has 0 aliphatic rings. The van der Waals surface area contributed by atoms with Crippen LogP contribution in [-0.4, -0.2) is 28.0 Å². The molecule has 0 unspecified atom stereocenters. The van der Waals surface area contributed by atoms with Crippen LogP contribution in [0.2, 0.25) is 5.15 Å². The quantitative estimate of drug-likeness (QED) is 0.922. The molecule has 1 aromatic heterocycles. The van der Waals surface area contributed by atoms with E-state index in [1.807, 2.05) is 24.3 Å². The molecule has 0 bridgehead atoms. The monoisotopic (exact) mass is 266 g/mol. The van der Waals surface area contributed by atoms with Gasteiger partial charge in [0.1, 0.15) is 16.5 Å². The number of aromatic carboxylic acids is 1. The van der Waals surface area contributed by atoms with Gasteiger partial charge in [0.15, 0.2) is 0 Å². The summed E-state index contributed by atoms with van der Waals surface area (Å²) in [6.45, 7) is 0.413. The molecule has 5 nitrogen and oxygen atoms in total. The van der Waals surface area contributed by atoms with Crippen LogP contribution >= 0.6 is 11.6 Å². The first-order chi connectivity index (χ1) is 8.61. The molecule has 2 rings (SSSR count). The molecule has 18 heavy (non-hydrogen) atoms. The molecule has 0 spiro atoms. The van der Waals surface area contributed by atoms with E-state index in [0.717, 1.165) is 11.3 Å². The largest absolute Gasteiger partial charge is 0.497 e. The Kier molecular flexibility index (Phi) is 3.53. The average molecular weight is 267 g/mol. The van der Waals surface area contributed by atoms with E-state index >= 15 is 0 Å². The van der Waals surface area contributed by atoms with Crippen LogP contribution in [0.3, 0.4) is 0 Å². The summed E-state index contributed by atoms with van der Waals surface area (Å²) < 4.78 is 6.49. The summed E-state index contributed by atoms with van der Waals surface area (Å²) in [7, 11) is 1.60.